The number of piperidine rings is 1. The molecule has 0 spiro atoms. The highest BCUT2D eigenvalue weighted by molar-refractivity contribution is 5.72. The first kappa shape index (κ1) is 8.53. The molecule has 0 aromatic heterocycles. The number of esters is 1. The first-order chi connectivity index (χ1) is 5.24. The summed E-state index contributed by atoms with van der Waals surface area (Å²) in [6.45, 7) is 3.94. The van der Waals surface area contributed by atoms with Gasteiger partial charge in [-0.3, -0.25) is 4.79 Å². The Hall–Kier alpha value is -0.570. The highest BCUT2D eigenvalue weighted by Gasteiger charge is 2.24. The molecule has 1 N–H and O–H groups in total. The Labute approximate surface area is 67.1 Å². The van der Waals surface area contributed by atoms with Crippen molar-refractivity contribution in [1.82, 2.24) is 5.32 Å². The molecular formula is C8H15NO2. The van der Waals surface area contributed by atoms with E-state index in [1.165, 1.54) is 7.11 Å². The SMILES string of the molecule is COC(=O)C1CNC[C@H](C)C1. The molecule has 2 atom stereocenters. The lowest BCUT2D eigenvalue weighted by molar-refractivity contribution is -0.146. The van der Waals surface area contributed by atoms with Crippen LogP contribution in [-0.4, -0.2) is 26.2 Å². The van der Waals surface area contributed by atoms with Gasteiger partial charge < -0.3 is 10.1 Å². The van der Waals surface area contributed by atoms with Gasteiger partial charge in [-0.15, -0.1) is 0 Å². The molecule has 0 saturated carbocycles. The van der Waals surface area contributed by atoms with Crippen LogP contribution in [0, 0.1) is 11.8 Å². The minimum Gasteiger partial charge on any atom is -0.469 e. The predicted molar refractivity (Wildman–Crippen MR) is 42.2 cm³/mol. The molecule has 0 aliphatic carbocycles. The van der Waals surface area contributed by atoms with Gasteiger partial charge in [-0.25, -0.2) is 0 Å². The lowest BCUT2D eigenvalue weighted by Crippen LogP contribution is -2.39. The Morgan fingerprint density at radius 1 is 1.55 bits per heavy atom. The Morgan fingerprint density at radius 2 is 2.27 bits per heavy atom. The van der Waals surface area contributed by atoms with Gasteiger partial charge in [0.2, 0.25) is 0 Å². The Bertz CT molecular complexity index is 147. The molecule has 11 heavy (non-hydrogen) atoms. The Morgan fingerprint density at radius 3 is 2.82 bits per heavy atom. The van der Waals surface area contributed by atoms with Crippen LogP contribution < -0.4 is 5.32 Å². The van der Waals surface area contributed by atoms with Crippen molar-refractivity contribution in [2.24, 2.45) is 11.8 Å². The van der Waals surface area contributed by atoms with E-state index in [1.807, 2.05) is 0 Å². The Kier molecular flexibility index (Phi) is 2.88. The third kappa shape index (κ3) is 2.19. The highest BCUT2D eigenvalue weighted by Crippen LogP contribution is 2.16. The molecule has 1 heterocycles. The van der Waals surface area contributed by atoms with Crippen LogP contribution in [0.4, 0.5) is 0 Å². The lowest BCUT2D eigenvalue weighted by atomic mass is 9.92. The fourth-order valence-corrected chi connectivity index (χ4v) is 1.50. The van der Waals surface area contributed by atoms with Gasteiger partial charge in [-0.05, 0) is 18.9 Å². The molecule has 1 saturated heterocycles. The summed E-state index contributed by atoms with van der Waals surface area (Å²) in [6.07, 6.45) is 0.958. The van der Waals surface area contributed by atoms with E-state index < -0.39 is 0 Å². The average molecular weight is 157 g/mol. The molecule has 1 aliphatic heterocycles. The Balaban J connectivity index is 2.39. The molecule has 0 amide bonds. The lowest BCUT2D eigenvalue weighted by Gasteiger charge is -2.25. The van der Waals surface area contributed by atoms with Gasteiger partial charge in [-0.1, -0.05) is 6.92 Å². The van der Waals surface area contributed by atoms with E-state index in [9.17, 15) is 4.79 Å². The van der Waals surface area contributed by atoms with E-state index in [4.69, 9.17) is 0 Å². The van der Waals surface area contributed by atoms with Crippen molar-refractivity contribution in [2.45, 2.75) is 13.3 Å². The average Bonchev–Trinajstić information content (AvgIpc) is 2.03. The van der Waals surface area contributed by atoms with E-state index >= 15 is 0 Å². The van der Waals surface area contributed by atoms with Crippen molar-refractivity contribution in [1.29, 1.82) is 0 Å². The zero-order valence-electron chi connectivity index (χ0n) is 7.09. The first-order valence-electron chi connectivity index (χ1n) is 4.02. The number of rotatable bonds is 1. The quantitative estimate of drug-likeness (QED) is 0.560. The third-order valence-electron chi connectivity index (χ3n) is 2.10. The molecule has 3 nitrogen and oxygen atoms in total. The molecule has 64 valence electrons. The van der Waals surface area contributed by atoms with Crippen LogP contribution in [0.25, 0.3) is 0 Å². The van der Waals surface area contributed by atoms with Gasteiger partial charge in [0.1, 0.15) is 0 Å². The van der Waals surface area contributed by atoms with E-state index in [2.05, 4.69) is 17.0 Å². The molecule has 0 radical (unpaired) electrons. The maximum atomic E-state index is 11.1. The zero-order chi connectivity index (χ0) is 8.27. The van der Waals surface area contributed by atoms with Crippen LogP contribution >= 0.6 is 0 Å². The molecule has 3 heteroatoms. The van der Waals surface area contributed by atoms with Crippen LogP contribution in [0.5, 0.6) is 0 Å². The van der Waals surface area contributed by atoms with E-state index in [-0.39, 0.29) is 11.9 Å². The number of carbonyl (C=O) groups is 1. The summed E-state index contributed by atoms with van der Waals surface area (Å²) in [5.74, 6) is 0.584. The second-order valence-corrected chi connectivity index (χ2v) is 3.22. The van der Waals surface area contributed by atoms with Crippen LogP contribution in [0.15, 0.2) is 0 Å². The van der Waals surface area contributed by atoms with Crippen molar-refractivity contribution >= 4 is 5.97 Å². The molecule has 0 bridgehead atoms. The molecule has 1 rings (SSSR count). The summed E-state index contributed by atoms with van der Waals surface area (Å²) < 4.78 is 4.66. The summed E-state index contributed by atoms with van der Waals surface area (Å²) in [5, 5.41) is 3.20. The molecule has 1 unspecified atom stereocenters. The van der Waals surface area contributed by atoms with Gasteiger partial charge in [0.05, 0.1) is 13.0 Å². The number of nitrogens with one attached hydrogen (secondary N) is 1. The van der Waals surface area contributed by atoms with Gasteiger partial charge in [0.15, 0.2) is 0 Å². The van der Waals surface area contributed by atoms with Crippen LogP contribution in [0.2, 0.25) is 0 Å². The van der Waals surface area contributed by atoms with Crippen molar-refractivity contribution in [3.05, 3.63) is 0 Å². The van der Waals surface area contributed by atoms with Crippen molar-refractivity contribution in [3.8, 4) is 0 Å². The van der Waals surface area contributed by atoms with Crippen molar-refractivity contribution in [3.63, 3.8) is 0 Å². The molecule has 0 aromatic carbocycles. The van der Waals surface area contributed by atoms with Crippen LogP contribution in [-0.2, 0) is 9.53 Å². The van der Waals surface area contributed by atoms with Gasteiger partial charge in [-0.2, -0.15) is 0 Å². The van der Waals surface area contributed by atoms with Gasteiger partial charge >= 0.3 is 5.97 Å². The second-order valence-electron chi connectivity index (χ2n) is 3.22. The standard InChI is InChI=1S/C8H15NO2/c1-6-3-7(5-9-4-6)8(10)11-2/h6-7,9H,3-5H2,1-2H3/t6-,7?/m1/s1. The summed E-state index contributed by atoms with van der Waals surface area (Å²) in [4.78, 5) is 11.1. The zero-order valence-corrected chi connectivity index (χ0v) is 7.09. The number of hydrogen-bond acceptors (Lipinski definition) is 3. The molecule has 0 aromatic rings. The maximum absolute atomic E-state index is 11.1. The number of carbonyl (C=O) groups excluding carboxylic acids is 1. The number of methoxy groups -OCH3 is 1. The summed E-state index contributed by atoms with van der Waals surface area (Å²) in [6, 6.07) is 0. The summed E-state index contributed by atoms with van der Waals surface area (Å²) >= 11 is 0. The fourth-order valence-electron chi connectivity index (χ4n) is 1.50. The normalized spacial score (nSPS) is 31.5. The number of ether oxygens (including phenoxy) is 1. The minimum absolute atomic E-state index is 0.0729. The van der Waals surface area contributed by atoms with Gasteiger partial charge in [0, 0.05) is 6.54 Å². The largest absolute Gasteiger partial charge is 0.469 e. The van der Waals surface area contributed by atoms with E-state index in [0.29, 0.717) is 5.92 Å². The highest BCUT2D eigenvalue weighted by atomic mass is 16.5. The van der Waals surface area contributed by atoms with E-state index in [0.717, 1.165) is 19.5 Å². The molecular weight excluding hydrogens is 142 g/mol. The predicted octanol–water partition coefficient (Wildman–Crippen LogP) is 0.405. The monoisotopic (exact) mass is 157 g/mol. The smallest absolute Gasteiger partial charge is 0.309 e. The fraction of sp³-hybridized carbons (Fsp3) is 0.875. The second kappa shape index (κ2) is 3.72. The van der Waals surface area contributed by atoms with Crippen LogP contribution in [0.3, 0.4) is 0 Å². The number of hydrogen-bond donors (Lipinski definition) is 1. The van der Waals surface area contributed by atoms with Crippen molar-refractivity contribution < 1.29 is 9.53 Å². The van der Waals surface area contributed by atoms with Gasteiger partial charge in [0.25, 0.3) is 0 Å². The third-order valence-corrected chi connectivity index (χ3v) is 2.10. The van der Waals surface area contributed by atoms with Crippen LogP contribution in [0.1, 0.15) is 13.3 Å². The maximum Gasteiger partial charge on any atom is 0.309 e. The molecule has 1 aliphatic rings. The summed E-state index contributed by atoms with van der Waals surface area (Å²) in [7, 11) is 1.45. The molecule has 1 fully saturated rings. The first-order valence-corrected chi connectivity index (χ1v) is 4.02. The van der Waals surface area contributed by atoms with Crippen molar-refractivity contribution in [2.75, 3.05) is 20.2 Å². The topological polar surface area (TPSA) is 38.3 Å². The van der Waals surface area contributed by atoms with E-state index in [1.54, 1.807) is 0 Å². The summed E-state index contributed by atoms with van der Waals surface area (Å²) in [5.41, 5.74) is 0. The minimum atomic E-state index is -0.0796.